The van der Waals surface area contributed by atoms with Gasteiger partial charge in [0.05, 0.1) is 0 Å². The van der Waals surface area contributed by atoms with E-state index in [1.165, 1.54) is 38.2 Å². The molecule has 0 radical (unpaired) electrons. The Morgan fingerprint density at radius 1 is 0.857 bits per heavy atom. The van der Waals surface area contributed by atoms with Crippen LogP contribution in [0.2, 0.25) is 0 Å². The van der Waals surface area contributed by atoms with Gasteiger partial charge in [-0.05, 0) is 105 Å². The fourth-order valence-corrected chi connectivity index (χ4v) is 5.45. The van der Waals surface area contributed by atoms with Crippen LogP contribution in [0.25, 0.3) is 11.1 Å². The van der Waals surface area contributed by atoms with E-state index in [2.05, 4.69) is 25.1 Å². The van der Waals surface area contributed by atoms with Crippen molar-refractivity contribution in [2.45, 2.75) is 58.3 Å². The van der Waals surface area contributed by atoms with Crippen LogP contribution in [-0.2, 0) is 0 Å². The quantitative estimate of drug-likeness (QED) is 0.476. The van der Waals surface area contributed by atoms with Gasteiger partial charge in [0.25, 0.3) is 0 Å². The number of benzene rings is 2. The maximum atomic E-state index is 14.9. The number of hydrogen-bond acceptors (Lipinski definition) is 0. The van der Waals surface area contributed by atoms with Crippen molar-refractivity contribution in [3.63, 3.8) is 0 Å². The van der Waals surface area contributed by atoms with Crippen molar-refractivity contribution in [3.05, 3.63) is 71.3 Å². The number of hydrogen-bond donors (Lipinski definition) is 0. The molecule has 2 heteroatoms. The largest absolute Gasteiger partial charge is 0.207 e. The second-order valence-corrected chi connectivity index (χ2v) is 8.83. The van der Waals surface area contributed by atoms with Gasteiger partial charge < -0.3 is 0 Å². The predicted molar refractivity (Wildman–Crippen MR) is 112 cm³/mol. The second kappa shape index (κ2) is 8.19. The molecule has 0 N–H and O–H groups in total. The van der Waals surface area contributed by atoms with Crippen molar-refractivity contribution in [1.82, 2.24) is 0 Å². The Kier molecular flexibility index (Phi) is 5.66. The van der Waals surface area contributed by atoms with Crippen LogP contribution >= 0.6 is 0 Å². The van der Waals surface area contributed by atoms with Crippen LogP contribution in [0.1, 0.15) is 62.5 Å². The first-order valence-electron chi connectivity index (χ1n) is 10.7. The van der Waals surface area contributed by atoms with E-state index in [1.807, 2.05) is 6.07 Å². The minimum atomic E-state index is -0.284. The third-order valence-corrected chi connectivity index (χ3v) is 7.07. The predicted octanol–water partition coefficient (Wildman–Crippen LogP) is 7.82. The van der Waals surface area contributed by atoms with Crippen LogP contribution in [0, 0.1) is 36.3 Å². The van der Waals surface area contributed by atoms with Gasteiger partial charge in [-0.3, -0.25) is 0 Å². The average molecular weight is 381 g/mol. The van der Waals surface area contributed by atoms with Crippen molar-refractivity contribution in [1.29, 1.82) is 0 Å². The lowest BCUT2D eigenvalue weighted by Gasteiger charge is -2.41. The van der Waals surface area contributed by atoms with Gasteiger partial charge in [-0.25, -0.2) is 8.78 Å². The number of aryl methyl sites for hydroxylation is 1. The van der Waals surface area contributed by atoms with Crippen molar-refractivity contribution in [2.24, 2.45) is 17.8 Å². The Bertz CT molecular complexity index is 867. The molecule has 4 unspecified atom stereocenters. The van der Waals surface area contributed by atoms with Gasteiger partial charge in [0, 0.05) is 5.56 Å². The highest BCUT2D eigenvalue weighted by Gasteiger charge is 2.35. The lowest BCUT2D eigenvalue weighted by Crippen LogP contribution is -2.30. The molecule has 148 valence electrons. The van der Waals surface area contributed by atoms with E-state index in [1.54, 1.807) is 25.1 Å². The van der Waals surface area contributed by atoms with E-state index in [0.717, 1.165) is 29.7 Å². The number of rotatable bonds is 3. The molecule has 2 aromatic carbocycles. The second-order valence-electron chi connectivity index (χ2n) is 8.83. The Hall–Kier alpha value is -1.96. The molecule has 2 aliphatic carbocycles. The average Bonchev–Trinajstić information content (AvgIpc) is 2.70. The monoisotopic (exact) mass is 380 g/mol. The molecule has 2 saturated carbocycles. The minimum absolute atomic E-state index is 0.236. The molecule has 0 saturated heterocycles. The summed E-state index contributed by atoms with van der Waals surface area (Å²) >= 11 is 0. The van der Waals surface area contributed by atoms with Crippen LogP contribution in [0.4, 0.5) is 8.78 Å². The fourth-order valence-electron chi connectivity index (χ4n) is 5.45. The van der Waals surface area contributed by atoms with Gasteiger partial charge in [0.15, 0.2) is 0 Å². The van der Waals surface area contributed by atoms with Crippen LogP contribution < -0.4 is 0 Å². The van der Waals surface area contributed by atoms with E-state index in [0.29, 0.717) is 22.6 Å². The first kappa shape index (κ1) is 19.4. The number of fused-ring (bicyclic) bond motifs is 1. The smallest absolute Gasteiger partial charge is 0.131 e. The molecular formula is C26H30F2. The highest BCUT2D eigenvalue weighted by Crippen LogP contribution is 2.48. The number of allylic oxidation sites excluding steroid dienone is 2. The zero-order valence-electron chi connectivity index (χ0n) is 16.9. The van der Waals surface area contributed by atoms with Gasteiger partial charge in [-0.1, -0.05) is 36.4 Å². The molecule has 4 rings (SSSR count). The molecule has 0 aliphatic heterocycles. The molecule has 0 heterocycles. The maximum Gasteiger partial charge on any atom is 0.131 e. The van der Waals surface area contributed by atoms with Crippen LogP contribution in [0.5, 0.6) is 0 Å². The summed E-state index contributed by atoms with van der Waals surface area (Å²) < 4.78 is 28.7. The third-order valence-electron chi connectivity index (χ3n) is 7.07. The molecule has 2 aliphatic rings. The lowest BCUT2D eigenvalue weighted by atomic mass is 9.64. The standard InChI is InChI=1S/C26H30F2/c1-3-4-18-6-8-20-14-21(10-9-19(20)13-18)22-11-12-24(26(28)15-22)23-7-5-17(2)25(27)16-23/h3-5,7,11-12,15-16,18-21H,6,8-10,13-14H2,1-2H3/b4-3+. The summed E-state index contributed by atoms with van der Waals surface area (Å²) in [6.45, 7) is 3.84. The molecule has 0 aromatic heterocycles. The van der Waals surface area contributed by atoms with Gasteiger partial charge in [-0.15, -0.1) is 0 Å². The zero-order valence-corrected chi connectivity index (χ0v) is 16.9. The molecule has 0 bridgehead atoms. The van der Waals surface area contributed by atoms with E-state index in [4.69, 9.17) is 0 Å². The lowest BCUT2D eigenvalue weighted by molar-refractivity contribution is 0.133. The summed E-state index contributed by atoms with van der Waals surface area (Å²) in [5.41, 5.74) is 2.80. The Labute approximate surface area is 167 Å². The number of halogens is 2. The Balaban J connectivity index is 1.49. The molecular weight excluding hydrogens is 350 g/mol. The topological polar surface area (TPSA) is 0 Å². The molecule has 0 nitrogen and oxygen atoms in total. The van der Waals surface area contributed by atoms with E-state index in [9.17, 15) is 8.78 Å². The molecule has 2 aromatic rings. The highest BCUT2D eigenvalue weighted by molar-refractivity contribution is 5.65. The van der Waals surface area contributed by atoms with Crippen LogP contribution in [-0.4, -0.2) is 0 Å². The highest BCUT2D eigenvalue weighted by atomic mass is 19.1. The van der Waals surface area contributed by atoms with E-state index >= 15 is 0 Å². The van der Waals surface area contributed by atoms with Gasteiger partial charge in [0.1, 0.15) is 11.6 Å². The van der Waals surface area contributed by atoms with Crippen molar-refractivity contribution in [3.8, 4) is 11.1 Å². The Morgan fingerprint density at radius 3 is 2.39 bits per heavy atom. The summed E-state index contributed by atoms with van der Waals surface area (Å²) in [6.07, 6.45) is 12.1. The first-order chi connectivity index (χ1) is 13.5. The van der Waals surface area contributed by atoms with Crippen molar-refractivity contribution >= 4 is 0 Å². The summed E-state index contributed by atoms with van der Waals surface area (Å²) in [6, 6.07) is 10.5. The van der Waals surface area contributed by atoms with Crippen molar-refractivity contribution in [2.75, 3.05) is 0 Å². The summed E-state index contributed by atoms with van der Waals surface area (Å²) in [5.74, 6) is 2.32. The first-order valence-corrected chi connectivity index (χ1v) is 10.7. The van der Waals surface area contributed by atoms with E-state index in [-0.39, 0.29) is 11.6 Å². The minimum Gasteiger partial charge on any atom is -0.207 e. The molecule has 0 spiro atoms. The normalized spacial score (nSPS) is 27.7. The summed E-state index contributed by atoms with van der Waals surface area (Å²) in [5, 5.41) is 0. The van der Waals surface area contributed by atoms with E-state index < -0.39 is 0 Å². The zero-order chi connectivity index (χ0) is 19.7. The van der Waals surface area contributed by atoms with Crippen LogP contribution in [0.3, 0.4) is 0 Å². The van der Waals surface area contributed by atoms with Gasteiger partial charge in [-0.2, -0.15) is 0 Å². The third kappa shape index (κ3) is 3.92. The van der Waals surface area contributed by atoms with Crippen LogP contribution in [0.15, 0.2) is 48.6 Å². The maximum absolute atomic E-state index is 14.9. The summed E-state index contributed by atoms with van der Waals surface area (Å²) in [7, 11) is 0. The van der Waals surface area contributed by atoms with Gasteiger partial charge >= 0.3 is 0 Å². The molecule has 28 heavy (non-hydrogen) atoms. The molecule has 2 fully saturated rings. The molecule has 0 amide bonds. The SMILES string of the molecule is C/C=C/C1CCC2CC(c3ccc(-c4ccc(C)c(F)c4)c(F)c3)CCC2C1. The molecule has 4 atom stereocenters. The summed E-state index contributed by atoms with van der Waals surface area (Å²) in [4.78, 5) is 0. The van der Waals surface area contributed by atoms with Gasteiger partial charge in [0.2, 0.25) is 0 Å². The fraction of sp³-hybridized carbons (Fsp3) is 0.462. The Morgan fingerprint density at radius 2 is 1.64 bits per heavy atom. The van der Waals surface area contributed by atoms with Crippen molar-refractivity contribution < 1.29 is 8.78 Å².